The summed E-state index contributed by atoms with van der Waals surface area (Å²) in [6, 6.07) is 8.86. The van der Waals surface area contributed by atoms with Crippen molar-refractivity contribution in [1.29, 1.82) is 0 Å². The average molecular weight is 393 g/mol. The van der Waals surface area contributed by atoms with E-state index in [-0.39, 0.29) is 17.4 Å². The highest BCUT2D eigenvalue weighted by Crippen LogP contribution is 2.32. The summed E-state index contributed by atoms with van der Waals surface area (Å²) in [5.74, 6) is 0.137. The first-order valence-corrected chi connectivity index (χ1v) is 10.5. The minimum atomic E-state index is -3.76. The summed E-state index contributed by atoms with van der Waals surface area (Å²) in [5.41, 5.74) is 0. The van der Waals surface area contributed by atoms with Gasteiger partial charge in [-0.15, -0.1) is 21.5 Å². The highest BCUT2D eigenvalue weighted by atomic mass is 32.2. The van der Waals surface area contributed by atoms with Gasteiger partial charge in [-0.2, -0.15) is 4.31 Å². The maximum absolute atomic E-state index is 13.4. The Labute approximate surface area is 154 Å². The number of piperidine rings is 1. The lowest BCUT2D eigenvalue weighted by molar-refractivity contribution is 0.286. The van der Waals surface area contributed by atoms with Crippen LogP contribution in [0.5, 0.6) is 0 Å². The second-order valence-electron chi connectivity index (χ2n) is 6.08. The third-order valence-corrected chi connectivity index (χ3v) is 7.06. The van der Waals surface area contributed by atoms with Crippen molar-refractivity contribution < 1.29 is 17.2 Å². The van der Waals surface area contributed by atoms with Gasteiger partial charge in [-0.25, -0.2) is 12.8 Å². The fraction of sp³-hybridized carbons (Fsp3) is 0.294. The molecule has 6 nitrogen and oxygen atoms in total. The number of halogens is 1. The van der Waals surface area contributed by atoms with E-state index in [1.807, 2.05) is 17.5 Å². The van der Waals surface area contributed by atoms with Crippen LogP contribution in [0.3, 0.4) is 0 Å². The van der Waals surface area contributed by atoms with Crippen LogP contribution in [0.4, 0.5) is 4.39 Å². The number of hydrogen-bond acceptors (Lipinski definition) is 6. The molecule has 3 aromatic rings. The number of hydrogen-bond donors (Lipinski definition) is 0. The molecule has 2 aromatic heterocycles. The molecule has 1 aromatic carbocycles. The van der Waals surface area contributed by atoms with E-state index in [1.54, 1.807) is 0 Å². The number of thiophene rings is 1. The van der Waals surface area contributed by atoms with Crippen LogP contribution in [0.25, 0.3) is 10.8 Å². The molecule has 1 saturated heterocycles. The van der Waals surface area contributed by atoms with Crippen molar-refractivity contribution in [2.24, 2.45) is 0 Å². The number of nitrogens with zero attached hydrogens (tertiary/aromatic N) is 3. The summed E-state index contributed by atoms with van der Waals surface area (Å²) in [4.78, 5) is 0.840. The van der Waals surface area contributed by atoms with Crippen LogP contribution < -0.4 is 0 Å². The van der Waals surface area contributed by atoms with E-state index < -0.39 is 15.8 Å². The van der Waals surface area contributed by atoms with Gasteiger partial charge < -0.3 is 4.42 Å². The fourth-order valence-corrected chi connectivity index (χ4v) is 5.24. The third kappa shape index (κ3) is 3.29. The Balaban J connectivity index is 1.56. The Bertz CT molecular complexity index is 1000. The molecule has 0 saturated carbocycles. The van der Waals surface area contributed by atoms with Crippen LogP contribution in [0.15, 0.2) is 51.1 Å². The van der Waals surface area contributed by atoms with E-state index in [1.165, 1.54) is 33.8 Å². The molecule has 136 valence electrons. The molecular weight excluding hydrogens is 377 g/mol. The highest BCUT2D eigenvalue weighted by Gasteiger charge is 2.33. The van der Waals surface area contributed by atoms with Crippen molar-refractivity contribution in [3.63, 3.8) is 0 Å². The van der Waals surface area contributed by atoms with Gasteiger partial charge >= 0.3 is 0 Å². The Morgan fingerprint density at radius 2 is 2.12 bits per heavy atom. The van der Waals surface area contributed by atoms with E-state index >= 15 is 0 Å². The third-order valence-electron chi connectivity index (χ3n) is 4.34. The smallest absolute Gasteiger partial charge is 0.257 e. The van der Waals surface area contributed by atoms with Crippen LogP contribution in [0, 0.1) is 5.82 Å². The quantitative estimate of drug-likeness (QED) is 0.678. The van der Waals surface area contributed by atoms with Gasteiger partial charge in [-0.1, -0.05) is 12.1 Å². The minimum absolute atomic E-state index is 0.0389. The summed E-state index contributed by atoms with van der Waals surface area (Å²) >= 11 is 1.50. The maximum Gasteiger partial charge on any atom is 0.257 e. The van der Waals surface area contributed by atoms with Crippen molar-refractivity contribution in [3.8, 4) is 10.8 Å². The molecule has 1 atom stereocenters. The van der Waals surface area contributed by atoms with Crippen molar-refractivity contribution >= 4 is 21.4 Å². The van der Waals surface area contributed by atoms with Gasteiger partial charge in [-0.3, -0.25) is 0 Å². The lowest BCUT2D eigenvalue weighted by Gasteiger charge is -2.30. The minimum Gasteiger partial charge on any atom is -0.420 e. The first-order chi connectivity index (χ1) is 12.5. The van der Waals surface area contributed by atoms with Crippen LogP contribution >= 0.6 is 11.3 Å². The number of benzene rings is 1. The lowest BCUT2D eigenvalue weighted by Crippen LogP contribution is -2.39. The van der Waals surface area contributed by atoms with E-state index in [9.17, 15) is 12.8 Å². The molecule has 9 heteroatoms. The molecule has 1 aliphatic heterocycles. The SMILES string of the molecule is O=S(=O)(c1cccc(F)c1)N1CCC[C@H](c2nnc(-c3cccs3)o2)C1. The average Bonchev–Trinajstić information content (AvgIpc) is 3.33. The standard InChI is InChI=1S/C17H16FN3O3S2/c18-13-5-1-6-14(10-13)26(22,23)21-8-2-4-12(11-21)16-19-20-17(24-16)15-7-3-9-25-15/h1,3,5-7,9-10,12H,2,4,8,11H2/t12-/m0/s1. The van der Waals surface area contributed by atoms with Gasteiger partial charge in [0.2, 0.25) is 15.9 Å². The number of rotatable bonds is 4. The zero-order valence-corrected chi connectivity index (χ0v) is 15.3. The molecular formula is C17H16FN3O3S2. The molecule has 0 aliphatic carbocycles. The molecule has 0 unspecified atom stereocenters. The molecule has 4 rings (SSSR count). The number of aromatic nitrogens is 2. The monoisotopic (exact) mass is 393 g/mol. The van der Waals surface area contributed by atoms with Crippen molar-refractivity contribution in [2.45, 2.75) is 23.7 Å². The van der Waals surface area contributed by atoms with Gasteiger partial charge in [0.15, 0.2) is 0 Å². The molecule has 0 radical (unpaired) electrons. The lowest BCUT2D eigenvalue weighted by atomic mass is 10.00. The van der Waals surface area contributed by atoms with Gasteiger partial charge in [0.1, 0.15) is 5.82 Å². The zero-order chi connectivity index (χ0) is 18.1. The van der Waals surface area contributed by atoms with Crippen molar-refractivity contribution in [1.82, 2.24) is 14.5 Å². The van der Waals surface area contributed by atoms with E-state index in [0.717, 1.165) is 17.4 Å². The second kappa shape index (κ2) is 6.90. The van der Waals surface area contributed by atoms with E-state index in [2.05, 4.69) is 10.2 Å². The molecule has 0 spiro atoms. The summed E-state index contributed by atoms with van der Waals surface area (Å²) in [6.07, 6.45) is 1.44. The Hall–Kier alpha value is -2.10. The summed E-state index contributed by atoms with van der Waals surface area (Å²) in [6.45, 7) is 0.631. The van der Waals surface area contributed by atoms with Crippen LogP contribution in [0.1, 0.15) is 24.7 Å². The predicted molar refractivity (Wildman–Crippen MR) is 94.7 cm³/mol. The molecule has 26 heavy (non-hydrogen) atoms. The van der Waals surface area contributed by atoms with E-state index in [4.69, 9.17) is 4.42 Å². The van der Waals surface area contributed by atoms with Crippen LogP contribution in [-0.4, -0.2) is 36.0 Å². The van der Waals surface area contributed by atoms with Crippen LogP contribution in [0.2, 0.25) is 0 Å². The van der Waals surface area contributed by atoms with Gasteiger partial charge in [0.25, 0.3) is 5.89 Å². The van der Waals surface area contributed by atoms with Crippen molar-refractivity contribution in [2.75, 3.05) is 13.1 Å². The summed E-state index contributed by atoms with van der Waals surface area (Å²) < 4.78 is 46.2. The molecule has 1 fully saturated rings. The summed E-state index contributed by atoms with van der Waals surface area (Å²) in [5, 5.41) is 10.1. The summed E-state index contributed by atoms with van der Waals surface area (Å²) in [7, 11) is -3.76. The Morgan fingerprint density at radius 1 is 1.23 bits per heavy atom. The molecule has 0 N–H and O–H groups in total. The largest absolute Gasteiger partial charge is 0.420 e. The fourth-order valence-electron chi connectivity index (χ4n) is 3.04. The molecule has 1 aliphatic rings. The van der Waals surface area contributed by atoms with E-state index in [0.29, 0.717) is 24.7 Å². The van der Waals surface area contributed by atoms with Crippen molar-refractivity contribution in [3.05, 3.63) is 53.5 Å². The maximum atomic E-state index is 13.4. The van der Waals surface area contributed by atoms with Gasteiger partial charge in [-0.05, 0) is 42.5 Å². The Morgan fingerprint density at radius 3 is 2.88 bits per heavy atom. The zero-order valence-electron chi connectivity index (χ0n) is 13.7. The molecule has 0 bridgehead atoms. The highest BCUT2D eigenvalue weighted by molar-refractivity contribution is 7.89. The molecule has 0 amide bonds. The first-order valence-electron chi connectivity index (χ1n) is 8.17. The van der Waals surface area contributed by atoms with Crippen LogP contribution in [-0.2, 0) is 10.0 Å². The normalized spacial score (nSPS) is 18.9. The predicted octanol–water partition coefficient (Wildman–Crippen LogP) is 3.51. The Kier molecular flexibility index (Phi) is 4.60. The first kappa shape index (κ1) is 17.3. The van der Waals surface area contributed by atoms with Gasteiger partial charge in [0, 0.05) is 13.1 Å². The van der Waals surface area contributed by atoms with Gasteiger partial charge in [0.05, 0.1) is 15.7 Å². The number of sulfonamides is 1. The second-order valence-corrected chi connectivity index (χ2v) is 8.97. The molecule has 3 heterocycles. The topological polar surface area (TPSA) is 76.3 Å².